The molecule has 0 aromatic heterocycles. The topological polar surface area (TPSA) is 86.6 Å². The van der Waals surface area contributed by atoms with Gasteiger partial charge in [-0.1, -0.05) is 12.8 Å². The molecule has 1 saturated carbocycles. The van der Waals surface area contributed by atoms with E-state index in [1.54, 1.807) is 12.1 Å². The van der Waals surface area contributed by atoms with Crippen LogP contribution in [0.1, 0.15) is 25.7 Å². The molecule has 0 aliphatic heterocycles. The van der Waals surface area contributed by atoms with Crippen LogP contribution < -0.4 is 5.32 Å². The van der Waals surface area contributed by atoms with E-state index in [1.165, 1.54) is 12.1 Å². The molecule has 0 heterocycles. The van der Waals surface area contributed by atoms with Crippen molar-refractivity contribution in [2.75, 3.05) is 5.32 Å². The maximum Gasteiger partial charge on any atom is 0.307 e. The van der Waals surface area contributed by atoms with Gasteiger partial charge in [0.2, 0.25) is 5.91 Å². The Morgan fingerprint density at radius 3 is 2.21 bits per heavy atom. The number of hydrogen-bond donors (Lipinski definition) is 3. The van der Waals surface area contributed by atoms with Gasteiger partial charge in [0.15, 0.2) is 0 Å². The molecular formula is C14H17NO4. The molecule has 0 bridgehead atoms. The second-order valence-corrected chi connectivity index (χ2v) is 4.87. The normalized spacial score (nSPS) is 22.7. The second kappa shape index (κ2) is 5.73. The zero-order valence-electron chi connectivity index (χ0n) is 10.5. The number of benzene rings is 1. The monoisotopic (exact) mass is 263 g/mol. The molecule has 102 valence electrons. The lowest BCUT2D eigenvalue weighted by Crippen LogP contribution is -2.36. The smallest absolute Gasteiger partial charge is 0.307 e. The summed E-state index contributed by atoms with van der Waals surface area (Å²) >= 11 is 0. The van der Waals surface area contributed by atoms with E-state index in [9.17, 15) is 9.59 Å². The number of phenols is 1. The number of nitrogens with one attached hydrogen (secondary N) is 1. The van der Waals surface area contributed by atoms with Crippen molar-refractivity contribution >= 4 is 17.6 Å². The van der Waals surface area contributed by atoms with Gasteiger partial charge in [0, 0.05) is 5.69 Å². The fourth-order valence-electron chi connectivity index (χ4n) is 2.52. The Morgan fingerprint density at radius 2 is 1.63 bits per heavy atom. The maximum absolute atomic E-state index is 12.1. The first-order chi connectivity index (χ1) is 9.08. The lowest BCUT2D eigenvalue weighted by atomic mass is 9.78. The van der Waals surface area contributed by atoms with Gasteiger partial charge in [-0.05, 0) is 37.1 Å². The van der Waals surface area contributed by atoms with Crippen molar-refractivity contribution in [2.24, 2.45) is 11.8 Å². The van der Waals surface area contributed by atoms with Crippen LogP contribution in [0.2, 0.25) is 0 Å². The lowest BCUT2D eigenvalue weighted by Gasteiger charge is -2.27. The third-order valence-electron chi connectivity index (χ3n) is 3.55. The Kier molecular flexibility index (Phi) is 4.04. The van der Waals surface area contributed by atoms with Crippen molar-refractivity contribution in [1.82, 2.24) is 0 Å². The average molecular weight is 263 g/mol. The zero-order chi connectivity index (χ0) is 13.8. The quantitative estimate of drug-likeness (QED) is 0.730. The summed E-state index contributed by atoms with van der Waals surface area (Å²) in [5.74, 6) is -2.09. The Morgan fingerprint density at radius 1 is 1.05 bits per heavy atom. The van der Waals surface area contributed by atoms with Gasteiger partial charge in [0.25, 0.3) is 0 Å². The molecule has 3 N–H and O–H groups in total. The highest BCUT2D eigenvalue weighted by Crippen LogP contribution is 2.31. The molecule has 0 saturated heterocycles. The lowest BCUT2D eigenvalue weighted by molar-refractivity contribution is -0.147. The van der Waals surface area contributed by atoms with Crippen molar-refractivity contribution in [3.63, 3.8) is 0 Å². The number of phenolic OH excluding ortho intramolecular Hbond substituents is 1. The molecule has 1 aliphatic carbocycles. The van der Waals surface area contributed by atoms with E-state index >= 15 is 0 Å². The standard InChI is InChI=1S/C14H17NO4/c16-10-7-5-9(6-8-10)15-13(17)11-3-1-2-4-12(11)14(18)19/h5-8,11-12,16H,1-4H2,(H,15,17)(H,18,19)/t11-,12+/m0/s1. The van der Waals surface area contributed by atoms with Crippen LogP contribution >= 0.6 is 0 Å². The van der Waals surface area contributed by atoms with Crippen molar-refractivity contribution in [2.45, 2.75) is 25.7 Å². The van der Waals surface area contributed by atoms with E-state index in [0.717, 1.165) is 12.8 Å². The van der Waals surface area contributed by atoms with Crippen molar-refractivity contribution < 1.29 is 19.8 Å². The van der Waals surface area contributed by atoms with Gasteiger partial charge in [-0.2, -0.15) is 0 Å². The summed E-state index contributed by atoms with van der Waals surface area (Å²) in [6.45, 7) is 0. The number of hydrogen-bond acceptors (Lipinski definition) is 3. The molecule has 5 nitrogen and oxygen atoms in total. The molecule has 2 rings (SSSR count). The number of carbonyl (C=O) groups is 2. The number of carboxylic acids is 1. The van der Waals surface area contributed by atoms with Gasteiger partial charge in [0.05, 0.1) is 11.8 Å². The number of aromatic hydroxyl groups is 1. The largest absolute Gasteiger partial charge is 0.508 e. The predicted octanol–water partition coefficient (Wildman–Crippen LogP) is 2.22. The molecule has 5 heteroatoms. The molecule has 1 aliphatic rings. The Hall–Kier alpha value is -2.04. The van der Waals surface area contributed by atoms with E-state index < -0.39 is 17.8 Å². The Bertz CT molecular complexity index is 469. The summed E-state index contributed by atoms with van der Waals surface area (Å²) in [5, 5.41) is 21.0. The SMILES string of the molecule is O=C(Nc1ccc(O)cc1)[C@H]1CCCC[C@H]1C(=O)O. The maximum atomic E-state index is 12.1. The number of amides is 1. The van der Waals surface area contributed by atoms with Crippen LogP contribution in [-0.2, 0) is 9.59 Å². The van der Waals surface area contributed by atoms with E-state index in [0.29, 0.717) is 18.5 Å². The molecule has 2 atom stereocenters. The van der Waals surface area contributed by atoms with Crippen LogP contribution in [0.3, 0.4) is 0 Å². The van der Waals surface area contributed by atoms with Crippen LogP contribution in [0.4, 0.5) is 5.69 Å². The Labute approximate surface area is 111 Å². The third-order valence-corrected chi connectivity index (χ3v) is 3.55. The van der Waals surface area contributed by atoms with Crippen LogP contribution in [-0.4, -0.2) is 22.1 Å². The molecule has 1 fully saturated rings. The molecular weight excluding hydrogens is 246 g/mol. The van der Waals surface area contributed by atoms with Gasteiger partial charge in [-0.15, -0.1) is 0 Å². The highest BCUT2D eigenvalue weighted by Gasteiger charge is 2.35. The van der Waals surface area contributed by atoms with Crippen LogP contribution in [0.25, 0.3) is 0 Å². The van der Waals surface area contributed by atoms with E-state index in [-0.39, 0.29) is 11.7 Å². The van der Waals surface area contributed by atoms with Crippen molar-refractivity contribution in [3.05, 3.63) is 24.3 Å². The highest BCUT2D eigenvalue weighted by atomic mass is 16.4. The van der Waals surface area contributed by atoms with Gasteiger partial charge in [-0.3, -0.25) is 9.59 Å². The van der Waals surface area contributed by atoms with Crippen LogP contribution in [0.5, 0.6) is 5.75 Å². The Balaban J connectivity index is 2.05. The first-order valence-electron chi connectivity index (χ1n) is 6.40. The minimum atomic E-state index is -0.898. The number of carbonyl (C=O) groups excluding carboxylic acids is 1. The summed E-state index contributed by atoms with van der Waals surface area (Å²) in [6.07, 6.45) is 2.92. The first kappa shape index (κ1) is 13.4. The summed E-state index contributed by atoms with van der Waals surface area (Å²) in [4.78, 5) is 23.3. The van der Waals surface area contributed by atoms with E-state index in [1.807, 2.05) is 0 Å². The zero-order valence-corrected chi connectivity index (χ0v) is 10.5. The fraction of sp³-hybridized carbons (Fsp3) is 0.429. The number of anilines is 1. The highest BCUT2D eigenvalue weighted by molar-refractivity contribution is 5.95. The van der Waals surface area contributed by atoms with Crippen LogP contribution in [0, 0.1) is 11.8 Å². The molecule has 0 radical (unpaired) electrons. The molecule has 0 spiro atoms. The third kappa shape index (κ3) is 3.24. The van der Waals surface area contributed by atoms with Crippen LogP contribution in [0.15, 0.2) is 24.3 Å². The molecule has 19 heavy (non-hydrogen) atoms. The van der Waals surface area contributed by atoms with Gasteiger partial charge in [-0.25, -0.2) is 0 Å². The molecule has 1 aromatic carbocycles. The first-order valence-corrected chi connectivity index (χ1v) is 6.40. The van der Waals surface area contributed by atoms with E-state index in [2.05, 4.69) is 5.32 Å². The molecule has 0 unspecified atom stereocenters. The predicted molar refractivity (Wildman–Crippen MR) is 69.8 cm³/mol. The molecule has 1 aromatic rings. The second-order valence-electron chi connectivity index (χ2n) is 4.87. The number of rotatable bonds is 3. The van der Waals surface area contributed by atoms with Crippen molar-refractivity contribution in [1.29, 1.82) is 0 Å². The van der Waals surface area contributed by atoms with Gasteiger partial charge in [0.1, 0.15) is 5.75 Å². The van der Waals surface area contributed by atoms with Gasteiger partial charge >= 0.3 is 5.97 Å². The minimum Gasteiger partial charge on any atom is -0.508 e. The fourth-order valence-corrected chi connectivity index (χ4v) is 2.52. The summed E-state index contributed by atoms with van der Waals surface area (Å²) in [5.41, 5.74) is 0.567. The van der Waals surface area contributed by atoms with E-state index in [4.69, 9.17) is 10.2 Å². The van der Waals surface area contributed by atoms with Gasteiger partial charge < -0.3 is 15.5 Å². The average Bonchev–Trinajstić information content (AvgIpc) is 2.41. The molecule has 1 amide bonds. The van der Waals surface area contributed by atoms with Crippen molar-refractivity contribution in [3.8, 4) is 5.75 Å². The summed E-state index contributed by atoms with van der Waals surface area (Å²) in [6, 6.07) is 6.13. The summed E-state index contributed by atoms with van der Waals surface area (Å²) in [7, 11) is 0. The number of aliphatic carboxylic acids is 1. The number of carboxylic acid groups (broad SMARTS) is 1. The summed E-state index contributed by atoms with van der Waals surface area (Å²) < 4.78 is 0. The minimum absolute atomic E-state index is 0.124.